The summed E-state index contributed by atoms with van der Waals surface area (Å²) in [7, 11) is 13.0. The van der Waals surface area contributed by atoms with Crippen LogP contribution in [0.15, 0.2) is 55.1 Å². The molecule has 0 aliphatic rings. The topological polar surface area (TPSA) is 242 Å². The van der Waals surface area contributed by atoms with Gasteiger partial charge in [0.05, 0.1) is 48.9 Å². The molecule has 0 atom stereocenters. The van der Waals surface area contributed by atoms with Gasteiger partial charge in [-0.15, -0.1) is 0 Å². The largest absolute Gasteiger partial charge is 0.493 e. The van der Waals surface area contributed by atoms with E-state index < -0.39 is 34.4 Å². The van der Waals surface area contributed by atoms with Gasteiger partial charge in [0.25, 0.3) is 11.6 Å². The van der Waals surface area contributed by atoms with E-state index >= 15 is 0 Å². The van der Waals surface area contributed by atoms with Crippen molar-refractivity contribution in [3.63, 3.8) is 0 Å². The normalized spacial score (nSPS) is 11.0. The van der Waals surface area contributed by atoms with Crippen molar-refractivity contribution in [3.8, 4) is 17.2 Å². The summed E-state index contributed by atoms with van der Waals surface area (Å²) in [6, 6.07) is 6.83. The van der Waals surface area contributed by atoms with Crippen LogP contribution in [0, 0.1) is 10.1 Å². The Morgan fingerprint density at radius 1 is 0.750 bits per heavy atom. The number of nitrogens with one attached hydrogen (secondary N) is 2. The molecule has 0 aliphatic carbocycles. The quantitative estimate of drug-likeness (QED) is 0.0314. The SMILES string of the molecule is COC(=O)c1cc(OC)c(OCCCC(=O)Nc2cn(C)c(C(=O)Nc3cc(C(=O)Cc4cc(C(=O)Oc5cc(C(=O)CCCCN(C)C)n(C)c5)n(C)c4)n(C)c3)n2)cc1[N+](=O)[O-]. The lowest BCUT2D eigenvalue weighted by atomic mass is 10.1. The Labute approximate surface area is 368 Å². The Morgan fingerprint density at radius 3 is 2.14 bits per heavy atom. The third-order valence-electron chi connectivity index (χ3n) is 9.96. The Hall–Kier alpha value is -7.55. The highest BCUT2D eigenvalue weighted by Gasteiger charge is 2.26. The van der Waals surface area contributed by atoms with Crippen molar-refractivity contribution in [2.75, 3.05) is 52.1 Å². The van der Waals surface area contributed by atoms with Crippen LogP contribution in [0.4, 0.5) is 17.2 Å². The van der Waals surface area contributed by atoms with E-state index in [4.69, 9.17) is 14.2 Å². The molecule has 0 unspecified atom stereocenters. The minimum atomic E-state index is -0.917. The lowest BCUT2D eigenvalue weighted by Gasteiger charge is -2.12. The average molecular weight is 886 g/mol. The van der Waals surface area contributed by atoms with Crippen molar-refractivity contribution < 1.29 is 52.6 Å². The first kappa shape index (κ1) is 47.5. The minimum absolute atomic E-state index is 0.00167. The number of carbonyl (C=O) groups is 6. The summed E-state index contributed by atoms with van der Waals surface area (Å²) in [5, 5.41) is 16.9. The predicted molar refractivity (Wildman–Crippen MR) is 231 cm³/mol. The second-order valence-electron chi connectivity index (χ2n) is 15.2. The number of Topliss-reactive ketones (excluding diaryl/α,β-unsaturated/α-hetero) is 2. The molecule has 0 aliphatic heterocycles. The van der Waals surface area contributed by atoms with Gasteiger partial charge in [-0.3, -0.25) is 29.3 Å². The molecule has 0 bridgehead atoms. The number of rotatable bonds is 22. The predicted octanol–water partition coefficient (Wildman–Crippen LogP) is 4.75. The Kier molecular flexibility index (Phi) is 15.6. The van der Waals surface area contributed by atoms with Crippen LogP contribution in [0.3, 0.4) is 0 Å². The van der Waals surface area contributed by atoms with Crippen LogP contribution < -0.4 is 24.8 Å². The molecular weight excluding hydrogens is 835 g/mol. The van der Waals surface area contributed by atoms with Gasteiger partial charge in [-0.1, -0.05) is 0 Å². The number of carbonyl (C=O) groups excluding carboxylic acids is 6. The molecule has 0 fully saturated rings. The number of aromatic nitrogens is 5. The summed E-state index contributed by atoms with van der Waals surface area (Å²) < 4.78 is 27.2. The molecule has 2 amide bonds. The average Bonchev–Trinajstić information content (AvgIpc) is 4.01. The minimum Gasteiger partial charge on any atom is -0.493 e. The molecule has 0 saturated carbocycles. The highest BCUT2D eigenvalue weighted by molar-refractivity contribution is 6.04. The lowest BCUT2D eigenvalue weighted by molar-refractivity contribution is -0.385. The van der Waals surface area contributed by atoms with E-state index in [1.54, 1.807) is 72.6 Å². The summed E-state index contributed by atoms with van der Waals surface area (Å²) in [4.78, 5) is 94.5. The maximum atomic E-state index is 13.4. The number of imidazole rings is 1. The molecule has 21 nitrogen and oxygen atoms in total. The van der Waals surface area contributed by atoms with Gasteiger partial charge < -0.3 is 52.7 Å². The molecule has 5 aromatic rings. The number of hydrogen-bond acceptors (Lipinski definition) is 14. The van der Waals surface area contributed by atoms with Crippen molar-refractivity contribution in [3.05, 3.63) is 99.3 Å². The third kappa shape index (κ3) is 11.9. The van der Waals surface area contributed by atoms with Crippen LogP contribution in [-0.2, 0) is 44.1 Å². The lowest BCUT2D eigenvalue weighted by Crippen LogP contribution is -2.17. The highest BCUT2D eigenvalue weighted by atomic mass is 16.6. The molecule has 2 N–H and O–H groups in total. The first-order chi connectivity index (χ1) is 30.4. The zero-order valence-electron chi connectivity index (χ0n) is 36.9. The number of unbranched alkanes of at least 4 members (excludes halogenated alkanes) is 1. The fraction of sp³-hybridized carbons (Fsp3) is 0.372. The number of ketones is 2. The number of nitro benzene ring substituents is 1. The molecule has 0 spiro atoms. The van der Waals surface area contributed by atoms with Gasteiger partial charge in [-0.2, -0.15) is 0 Å². The zero-order valence-corrected chi connectivity index (χ0v) is 36.9. The van der Waals surface area contributed by atoms with E-state index in [-0.39, 0.29) is 83.3 Å². The van der Waals surface area contributed by atoms with Gasteiger partial charge in [-0.05, 0) is 57.6 Å². The van der Waals surface area contributed by atoms with E-state index in [9.17, 15) is 38.9 Å². The monoisotopic (exact) mass is 885 g/mol. The molecule has 21 heteroatoms. The highest BCUT2D eigenvalue weighted by Crippen LogP contribution is 2.35. The van der Waals surface area contributed by atoms with Gasteiger partial charge in [0.15, 0.2) is 28.9 Å². The van der Waals surface area contributed by atoms with Crippen molar-refractivity contribution in [2.45, 2.75) is 38.5 Å². The summed E-state index contributed by atoms with van der Waals surface area (Å²) in [5.74, 6) is -2.57. The molecule has 64 heavy (non-hydrogen) atoms. The maximum absolute atomic E-state index is 13.4. The maximum Gasteiger partial charge on any atom is 0.360 e. The summed E-state index contributed by atoms with van der Waals surface area (Å²) in [6.45, 7) is 0.856. The fourth-order valence-electron chi connectivity index (χ4n) is 6.78. The van der Waals surface area contributed by atoms with E-state index in [0.29, 0.717) is 23.4 Å². The summed E-state index contributed by atoms with van der Waals surface area (Å²) in [5.41, 5.74) is 0.974. The van der Waals surface area contributed by atoms with E-state index in [2.05, 4.69) is 25.3 Å². The second-order valence-corrected chi connectivity index (χ2v) is 15.2. The smallest absolute Gasteiger partial charge is 0.360 e. The molecule has 0 saturated heterocycles. The summed E-state index contributed by atoms with van der Waals surface area (Å²) >= 11 is 0. The number of ether oxygens (including phenoxy) is 4. The van der Waals surface area contributed by atoms with Crippen molar-refractivity contribution in [1.29, 1.82) is 0 Å². The van der Waals surface area contributed by atoms with E-state index in [1.807, 2.05) is 14.1 Å². The molecule has 1 aromatic carbocycles. The van der Waals surface area contributed by atoms with Gasteiger partial charge in [0, 0.05) is 84.4 Å². The number of esters is 2. The standard InChI is InChI=1S/C43H51N9O12/c1-47(2)14-10-9-12-34(53)32-19-28(24-50(32)5)64-43(58)33-16-26(22-48(33)3)17-35(54)31-18-27(23-49(31)4)44-41(56)40-46-38(25-51(40)6)45-39(55)13-11-15-63-37-21-30(52(59)60)29(42(57)62-8)20-36(37)61-7/h16,18-25H,9-15,17H2,1-8H3,(H,44,56)(H,45,55). The van der Waals surface area contributed by atoms with Gasteiger partial charge in [-0.25, -0.2) is 14.6 Å². The molecule has 340 valence electrons. The van der Waals surface area contributed by atoms with Gasteiger partial charge >= 0.3 is 11.9 Å². The number of aryl methyl sites for hydroxylation is 4. The van der Waals surface area contributed by atoms with Crippen molar-refractivity contribution >= 4 is 52.5 Å². The second kappa shape index (κ2) is 21.0. The third-order valence-corrected chi connectivity index (χ3v) is 9.96. The van der Waals surface area contributed by atoms with E-state index in [1.165, 1.54) is 23.9 Å². The number of hydrogen-bond donors (Lipinski definition) is 2. The molecule has 4 heterocycles. The summed E-state index contributed by atoms with van der Waals surface area (Å²) in [6.07, 6.45) is 8.37. The van der Waals surface area contributed by atoms with E-state index in [0.717, 1.165) is 38.6 Å². The van der Waals surface area contributed by atoms with Crippen LogP contribution in [0.25, 0.3) is 0 Å². The van der Waals surface area contributed by atoms with Crippen molar-refractivity contribution in [1.82, 2.24) is 28.2 Å². The number of nitrogens with zero attached hydrogens (tertiary/aromatic N) is 7. The van der Waals surface area contributed by atoms with Crippen LogP contribution in [0.2, 0.25) is 0 Å². The molecule has 0 radical (unpaired) electrons. The number of methoxy groups -OCH3 is 2. The van der Waals surface area contributed by atoms with Crippen LogP contribution in [0.1, 0.15) is 90.1 Å². The molecular formula is C43H51N9O12. The van der Waals surface area contributed by atoms with Gasteiger partial charge in [0.1, 0.15) is 17.0 Å². The first-order valence-corrected chi connectivity index (χ1v) is 20.0. The molecule has 4 aromatic heterocycles. The number of benzene rings is 1. The fourth-order valence-corrected chi connectivity index (χ4v) is 6.78. The number of amides is 2. The van der Waals surface area contributed by atoms with Crippen molar-refractivity contribution in [2.24, 2.45) is 28.2 Å². The zero-order chi connectivity index (χ0) is 46.8. The Bertz CT molecular complexity index is 2580. The Morgan fingerprint density at radius 2 is 1.45 bits per heavy atom. The van der Waals surface area contributed by atoms with Crippen LogP contribution in [-0.4, -0.2) is 110 Å². The first-order valence-electron chi connectivity index (χ1n) is 20.0. The van der Waals surface area contributed by atoms with Crippen LogP contribution in [0.5, 0.6) is 17.2 Å². The number of nitro groups is 1. The Balaban J connectivity index is 1.12. The number of anilines is 2. The van der Waals surface area contributed by atoms with Gasteiger partial charge in [0.2, 0.25) is 11.7 Å². The molecule has 5 rings (SSSR count). The van der Waals surface area contributed by atoms with Crippen LogP contribution >= 0.6 is 0 Å².